The zero-order valence-corrected chi connectivity index (χ0v) is 6.49. The van der Waals surface area contributed by atoms with Crippen molar-refractivity contribution >= 4 is 0 Å². The molecule has 2 rings (SSSR count). The normalized spacial score (nSPS) is 48.9. The van der Waals surface area contributed by atoms with E-state index < -0.39 is 0 Å². The largest absolute Gasteiger partial charge is 0.390 e. The Morgan fingerprint density at radius 1 is 1.10 bits per heavy atom. The van der Waals surface area contributed by atoms with Crippen LogP contribution in [0.5, 0.6) is 0 Å². The maximum absolute atomic E-state index is 9.59. The van der Waals surface area contributed by atoms with Crippen LogP contribution in [0, 0.1) is 0 Å². The number of rotatable bonds is 0. The number of hydrazine groups is 1. The molecule has 58 valence electrons. The Morgan fingerprint density at radius 3 is 1.70 bits per heavy atom. The summed E-state index contributed by atoms with van der Waals surface area (Å²) in [5.74, 6) is 0. The molecule has 1 aliphatic heterocycles. The molecule has 0 radical (unpaired) electrons. The summed E-state index contributed by atoms with van der Waals surface area (Å²) in [5.41, 5.74) is 0. The first-order chi connectivity index (χ1) is 4.72. The van der Waals surface area contributed by atoms with Gasteiger partial charge in [0.05, 0.1) is 18.2 Å². The lowest BCUT2D eigenvalue weighted by molar-refractivity contribution is -0.00457. The van der Waals surface area contributed by atoms with E-state index in [1.54, 1.807) is 0 Å². The number of aliphatic hydroxyl groups is 1. The molecule has 1 saturated carbocycles. The molecular weight excluding hydrogens is 128 g/mol. The molecule has 2 bridgehead atoms. The van der Waals surface area contributed by atoms with Crippen molar-refractivity contribution in [2.24, 2.45) is 0 Å². The number of hydrogen-bond acceptors (Lipinski definition) is 3. The van der Waals surface area contributed by atoms with Crippen LogP contribution in [0.3, 0.4) is 0 Å². The average Bonchev–Trinajstić information content (AvgIpc) is 2.34. The molecule has 2 atom stereocenters. The maximum atomic E-state index is 9.59. The Bertz CT molecular complexity index is 127. The molecule has 0 aromatic carbocycles. The van der Waals surface area contributed by atoms with E-state index in [2.05, 4.69) is 10.0 Å². The SMILES string of the molecule is CN1C2CCC(C2O)N1C. The summed E-state index contributed by atoms with van der Waals surface area (Å²) < 4.78 is 0. The van der Waals surface area contributed by atoms with Gasteiger partial charge in [-0.3, -0.25) is 0 Å². The third-order valence-electron chi connectivity index (χ3n) is 3.00. The molecule has 0 amide bonds. The van der Waals surface area contributed by atoms with Gasteiger partial charge in [-0.25, -0.2) is 10.0 Å². The second kappa shape index (κ2) is 1.94. The molecule has 1 aliphatic carbocycles. The summed E-state index contributed by atoms with van der Waals surface area (Å²) in [4.78, 5) is 0. The third-order valence-corrected chi connectivity index (χ3v) is 3.00. The van der Waals surface area contributed by atoms with Gasteiger partial charge in [0.2, 0.25) is 0 Å². The molecule has 0 spiro atoms. The van der Waals surface area contributed by atoms with Gasteiger partial charge < -0.3 is 5.11 Å². The second-order valence-corrected chi connectivity index (χ2v) is 3.35. The predicted molar refractivity (Wildman–Crippen MR) is 38.3 cm³/mol. The topological polar surface area (TPSA) is 26.7 Å². The van der Waals surface area contributed by atoms with Crippen LogP contribution in [0.2, 0.25) is 0 Å². The molecule has 10 heavy (non-hydrogen) atoms. The number of fused-ring (bicyclic) bond motifs is 2. The fourth-order valence-electron chi connectivity index (χ4n) is 2.22. The number of hydrogen-bond donors (Lipinski definition) is 1. The summed E-state index contributed by atoms with van der Waals surface area (Å²) in [7, 11) is 4.10. The van der Waals surface area contributed by atoms with Gasteiger partial charge in [-0.1, -0.05) is 0 Å². The van der Waals surface area contributed by atoms with Gasteiger partial charge in [0.15, 0.2) is 0 Å². The fourth-order valence-corrected chi connectivity index (χ4v) is 2.22. The lowest BCUT2D eigenvalue weighted by Crippen LogP contribution is -2.41. The summed E-state index contributed by atoms with van der Waals surface area (Å²) >= 11 is 0. The Balaban J connectivity index is 2.21. The zero-order chi connectivity index (χ0) is 7.30. The van der Waals surface area contributed by atoms with Crippen LogP contribution < -0.4 is 0 Å². The Labute approximate surface area is 61.2 Å². The first kappa shape index (κ1) is 6.58. The quantitative estimate of drug-likeness (QED) is 0.501. The highest BCUT2D eigenvalue weighted by atomic mass is 16.3. The molecule has 3 nitrogen and oxygen atoms in total. The molecule has 2 aliphatic rings. The van der Waals surface area contributed by atoms with E-state index in [4.69, 9.17) is 0 Å². The summed E-state index contributed by atoms with van der Waals surface area (Å²) in [6.45, 7) is 0. The first-order valence-corrected chi connectivity index (χ1v) is 3.85. The first-order valence-electron chi connectivity index (χ1n) is 3.85. The molecule has 0 aromatic heterocycles. The minimum atomic E-state index is -0.102. The molecule has 1 saturated heterocycles. The second-order valence-electron chi connectivity index (χ2n) is 3.35. The van der Waals surface area contributed by atoms with Crippen LogP contribution in [-0.4, -0.2) is 47.4 Å². The van der Waals surface area contributed by atoms with Crippen LogP contribution in [0.15, 0.2) is 0 Å². The van der Waals surface area contributed by atoms with Gasteiger partial charge in [0.1, 0.15) is 0 Å². The highest BCUT2D eigenvalue weighted by Crippen LogP contribution is 2.35. The van der Waals surface area contributed by atoms with E-state index in [9.17, 15) is 5.11 Å². The molecule has 3 heteroatoms. The van der Waals surface area contributed by atoms with Gasteiger partial charge in [-0.2, -0.15) is 0 Å². The van der Waals surface area contributed by atoms with E-state index in [0.29, 0.717) is 12.1 Å². The fraction of sp³-hybridized carbons (Fsp3) is 1.00. The van der Waals surface area contributed by atoms with Gasteiger partial charge >= 0.3 is 0 Å². The number of likely N-dealkylation sites (N-methyl/N-ethyl adjacent to an activating group) is 2. The van der Waals surface area contributed by atoms with Crippen molar-refractivity contribution < 1.29 is 5.11 Å². The highest BCUT2D eigenvalue weighted by molar-refractivity contribution is 4.99. The number of aliphatic hydroxyl groups excluding tert-OH is 1. The molecule has 2 fully saturated rings. The van der Waals surface area contributed by atoms with Crippen molar-refractivity contribution in [1.82, 2.24) is 10.0 Å². The van der Waals surface area contributed by atoms with Crippen molar-refractivity contribution in [3.05, 3.63) is 0 Å². The lowest BCUT2D eigenvalue weighted by atomic mass is 10.2. The van der Waals surface area contributed by atoms with E-state index in [0.717, 1.165) is 12.8 Å². The van der Waals surface area contributed by atoms with Crippen molar-refractivity contribution in [3.63, 3.8) is 0 Å². The van der Waals surface area contributed by atoms with Crippen molar-refractivity contribution in [2.45, 2.75) is 31.0 Å². The van der Waals surface area contributed by atoms with Gasteiger partial charge in [0, 0.05) is 14.1 Å². The van der Waals surface area contributed by atoms with Gasteiger partial charge in [-0.15, -0.1) is 0 Å². The number of nitrogens with zero attached hydrogens (tertiary/aromatic N) is 2. The summed E-state index contributed by atoms with van der Waals surface area (Å²) in [6.07, 6.45) is 2.22. The molecule has 1 heterocycles. The Kier molecular flexibility index (Phi) is 1.27. The summed E-state index contributed by atoms with van der Waals surface area (Å²) in [5, 5.41) is 13.9. The van der Waals surface area contributed by atoms with Crippen LogP contribution in [0.4, 0.5) is 0 Å². The van der Waals surface area contributed by atoms with Crippen molar-refractivity contribution in [1.29, 1.82) is 0 Å². The highest BCUT2D eigenvalue weighted by Gasteiger charge is 2.47. The van der Waals surface area contributed by atoms with Crippen LogP contribution in [-0.2, 0) is 0 Å². The summed E-state index contributed by atoms with van der Waals surface area (Å²) in [6, 6.07) is 0.796. The molecular formula is C7H14N2O. The Hall–Kier alpha value is -0.120. The Morgan fingerprint density at radius 2 is 1.50 bits per heavy atom. The van der Waals surface area contributed by atoms with Crippen molar-refractivity contribution in [2.75, 3.05) is 14.1 Å². The smallest absolute Gasteiger partial charge is 0.0878 e. The third kappa shape index (κ3) is 0.603. The van der Waals surface area contributed by atoms with Gasteiger partial charge in [0.25, 0.3) is 0 Å². The molecule has 1 N–H and O–H groups in total. The van der Waals surface area contributed by atoms with Gasteiger partial charge in [-0.05, 0) is 12.8 Å². The standard InChI is InChI=1S/C7H14N2O/c1-8-5-3-4-6(7(5)10)9(8)2/h5-7,10H,3-4H2,1-2H3. The van der Waals surface area contributed by atoms with Crippen molar-refractivity contribution in [3.8, 4) is 0 Å². The molecule has 0 aromatic rings. The van der Waals surface area contributed by atoms with E-state index in [1.165, 1.54) is 0 Å². The lowest BCUT2D eigenvalue weighted by Gasteiger charge is -2.31. The predicted octanol–water partition coefficient (Wildman–Crippen LogP) is -0.330. The zero-order valence-electron chi connectivity index (χ0n) is 6.49. The monoisotopic (exact) mass is 142 g/mol. The van der Waals surface area contributed by atoms with Crippen LogP contribution in [0.25, 0.3) is 0 Å². The van der Waals surface area contributed by atoms with E-state index in [-0.39, 0.29) is 6.10 Å². The van der Waals surface area contributed by atoms with E-state index >= 15 is 0 Å². The van der Waals surface area contributed by atoms with Crippen LogP contribution in [0.1, 0.15) is 12.8 Å². The van der Waals surface area contributed by atoms with Crippen LogP contribution >= 0.6 is 0 Å². The van der Waals surface area contributed by atoms with E-state index in [1.807, 2.05) is 14.1 Å². The minimum Gasteiger partial charge on any atom is -0.390 e. The maximum Gasteiger partial charge on any atom is 0.0878 e. The average molecular weight is 142 g/mol. The minimum absolute atomic E-state index is 0.102. The molecule has 2 unspecified atom stereocenters.